The molecule has 0 aromatic heterocycles. The van der Waals surface area contributed by atoms with Crippen molar-refractivity contribution < 1.29 is 0 Å². The summed E-state index contributed by atoms with van der Waals surface area (Å²) >= 11 is 0. The van der Waals surface area contributed by atoms with E-state index in [1.807, 2.05) is 0 Å². The Morgan fingerprint density at radius 3 is 1.53 bits per heavy atom. The summed E-state index contributed by atoms with van der Waals surface area (Å²) in [6, 6.07) is 25.4. The fraction of sp³-hybridized carbons (Fsp3) is 0.241. The summed E-state index contributed by atoms with van der Waals surface area (Å²) in [6.45, 7) is 11.8. The molecule has 3 aromatic rings. The van der Waals surface area contributed by atoms with Gasteiger partial charge in [-0.15, -0.1) is 0 Å². The largest absolute Gasteiger partial charge is 0.146 e. The highest BCUT2D eigenvalue weighted by atomic mass is 28.3. The van der Waals surface area contributed by atoms with Gasteiger partial charge in [0.15, 0.2) is 0 Å². The number of hydrogen-bond acceptors (Lipinski definition) is 0. The Labute approximate surface area is 182 Å². The second-order valence-corrected chi connectivity index (χ2v) is 13.2. The molecule has 150 valence electrons. The van der Waals surface area contributed by atoms with E-state index in [0.29, 0.717) is 11.8 Å². The number of rotatable bonds is 3. The average Bonchev–Trinajstić information content (AvgIpc) is 3.23. The van der Waals surface area contributed by atoms with E-state index in [2.05, 4.69) is 113 Å². The van der Waals surface area contributed by atoms with Gasteiger partial charge in [0.1, 0.15) is 8.07 Å². The van der Waals surface area contributed by atoms with E-state index in [4.69, 9.17) is 0 Å². The fourth-order valence-corrected chi connectivity index (χ4v) is 10.4. The van der Waals surface area contributed by atoms with Crippen molar-refractivity contribution in [2.24, 2.45) is 0 Å². The molecule has 5 rings (SSSR count). The number of hydrogen-bond donors (Lipinski definition) is 0. The molecule has 0 heterocycles. The summed E-state index contributed by atoms with van der Waals surface area (Å²) in [5, 5.41) is 4.66. The lowest BCUT2D eigenvalue weighted by molar-refractivity contribution is 0.993. The van der Waals surface area contributed by atoms with Crippen LogP contribution in [-0.2, 0) is 0 Å². The Balaban J connectivity index is 1.85. The summed E-state index contributed by atoms with van der Waals surface area (Å²) in [4.78, 5) is 0. The van der Waals surface area contributed by atoms with Gasteiger partial charge >= 0.3 is 0 Å². The van der Waals surface area contributed by atoms with Gasteiger partial charge in [-0.05, 0) is 62.8 Å². The van der Waals surface area contributed by atoms with Crippen LogP contribution in [0.2, 0.25) is 6.55 Å². The van der Waals surface area contributed by atoms with Crippen LogP contribution in [0.5, 0.6) is 0 Å². The third-order valence-corrected chi connectivity index (χ3v) is 11.9. The molecule has 2 aliphatic rings. The van der Waals surface area contributed by atoms with Crippen molar-refractivity contribution in [3.63, 3.8) is 0 Å². The monoisotopic (exact) mass is 406 g/mol. The first kappa shape index (κ1) is 19.3. The SMILES string of the molecule is CC1=CC(C)c2c1cccc2[Si](C)(c1ccccc1)c1cccc2c1C(C)C=C2C. The standard InChI is InChI=1S/C29H30Si/c1-19-17-21(3)28-24(19)13-9-15-26(28)30(5,23-11-7-6-8-12-23)27-16-10-14-25-20(2)18-22(4)29(25)27/h6-18,21-22H,1-5H3. The fourth-order valence-electron chi connectivity index (χ4n) is 6.00. The van der Waals surface area contributed by atoms with Crippen LogP contribution in [-0.4, -0.2) is 8.07 Å². The van der Waals surface area contributed by atoms with Crippen LogP contribution in [0, 0.1) is 0 Å². The molecule has 2 unspecified atom stereocenters. The van der Waals surface area contributed by atoms with Gasteiger partial charge < -0.3 is 0 Å². The van der Waals surface area contributed by atoms with Gasteiger partial charge in [0.05, 0.1) is 0 Å². The molecule has 0 fully saturated rings. The Morgan fingerprint density at radius 1 is 0.600 bits per heavy atom. The Kier molecular flexibility index (Phi) is 4.48. The maximum Gasteiger partial charge on any atom is 0.146 e. The van der Waals surface area contributed by atoms with Crippen molar-refractivity contribution in [2.45, 2.75) is 46.1 Å². The van der Waals surface area contributed by atoms with Crippen molar-refractivity contribution in [3.8, 4) is 0 Å². The predicted octanol–water partition coefficient (Wildman–Crippen LogP) is 5.83. The van der Waals surface area contributed by atoms with Crippen molar-refractivity contribution >= 4 is 34.8 Å². The summed E-state index contributed by atoms with van der Waals surface area (Å²) in [5.74, 6) is 0.946. The molecule has 0 saturated heterocycles. The molecule has 0 saturated carbocycles. The molecule has 0 spiro atoms. The van der Waals surface area contributed by atoms with Crippen molar-refractivity contribution in [2.75, 3.05) is 0 Å². The molecule has 0 amide bonds. The quantitative estimate of drug-likeness (QED) is 0.379. The molecule has 0 bridgehead atoms. The summed E-state index contributed by atoms with van der Waals surface area (Å²) in [5.41, 5.74) is 8.86. The summed E-state index contributed by atoms with van der Waals surface area (Å²) in [6.07, 6.45) is 4.88. The Morgan fingerprint density at radius 2 is 1.07 bits per heavy atom. The zero-order valence-corrected chi connectivity index (χ0v) is 19.7. The van der Waals surface area contributed by atoms with Gasteiger partial charge in [-0.25, -0.2) is 0 Å². The topological polar surface area (TPSA) is 0 Å². The molecule has 2 atom stereocenters. The molecule has 3 aromatic carbocycles. The Bertz CT molecular complexity index is 1120. The van der Waals surface area contributed by atoms with Crippen LogP contribution in [0.15, 0.2) is 78.9 Å². The van der Waals surface area contributed by atoms with E-state index in [9.17, 15) is 0 Å². The third kappa shape index (κ3) is 2.65. The first-order valence-corrected chi connectivity index (χ1v) is 13.6. The van der Waals surface area contributed by atoms with Crippen LogP contribution in [0.25, 0.3) is 11.1 Å². The second kappa shape index (κ2) is 6.96. The smallest absolute Gasteiger partial charge is 0.0737 e. The van der Waals surface area contributed by atoms with Crippen LogP contribution in [0.1, 0.15) is 61.8 Å². The van der Waals surface area contributed by atoms with Crippen molar-refractivity contribution in [1.82, 2.24) is 0 Å². The third-order valence-electron chi connectivity index (χ3n) is 7.40. The maximum atomic E-state index is 2.58. The van der Waals surface area contributed by atoms with E-state index < -0.39 is 8.07 Å². The normalized spacial score (nSPS) is 21.5. The van der Waals surface area contributed by atoms with Crippen LogP contribution >= 0.6 is 0 Å². The second-order valence-electron chi connectivity index (χ2n) is 9.30. The number of benzene rings is 3. The first-order valence-electron chi connectivity index (χ1n) is 11.1. The van der Waals surface area contributed by atoms with Crippen LogP contribution in [0.3, 0.4) is 0 Å². The molecule has 30 heavy (non-hydrogen) atoms. The molecular formula is C29H30Si. The van der Waals surface area contributed by atoms with Gasteiger partial charge in [-0.3, -0.25) is 0 Å². The minimum Gasteiger partial charge on any atom is -0.0737 e. The van der Waals surface area contributed by atoms with Crippen LogP contribution in [0.4, 0.5) is 0 Å². The first-order chi connectivity index (χ1) is 14.4. The molecule has 0 N–H and O–H groups in total. The lowest BCUT2D eigenvalue weighted by Gasteiger charge is -2.35. The van der Waals surface area contributed by atoms with Gasteiger partial charge in [-0.1, -0.05) is 99.3 Å². The lowest BCUT2D eigenvalue weighted by Crippen LogP contribution is -2.66. The average molecular weight is 407 g/mol. The van der Waals surface area contributed by atoms with Crippen LogP contribution < -0.4 is 15.6 Å². The number of allylic oxidation sites excluding steroid dienone is 4. The minimum atomic E-state index is -2.20. The summed E-state index contributed by atoms with van der Waals surface area (Å²) in [7, 11) is -2.20. The van der Waals surface area contributed by atoms with E-state index in [1.165, 1.54) is 27.5 Å². The molecule has 0 radical (unpaired) electrons. The van der Waals surface area contributed by atoms with Gasteiger partial charge in [0, 0.05) is 11.8 Å². The highest BCUT2D eigenvalue weighted by Crippen LogP contribution is 2.38. The van der Waals surface area contributed by atoms with Gasteiger partial charge in [-0.2, -0.15) is 0 Å². The van der Waals surface area contributed by atoms with E-state index in [0.717, 1.165) is 0 Å². The zero-order chi connectivity index (χ0) is 21.0. The van der Waals surface area contributed by atoms with Crippen molar-refractivity contribution in [3.05, 3.63) is 101 Å². The minimum absolute atomic E-state index is 0.473. The molecule has 0 aliphatic heterocycles. The van der Waals surface area contributed by atoms with Gasteiger partial charge in [0.2, 0.25) is 0 Å². The Hall–Kier alpha value is -2.64. The molecule has 0 nitrogen and oxygen atoms in total. The number of fused-ring (bicyclic) bond motifs is 2. The lowest BCUT2D eigenvalue weighted by atomic mass is 10.0. The zero-order valence-electron chi connectivity index (χ0n) is 18.7. The highest BCUT2D eigenvalue weighted by molar-refractivity contribution is 7.11. The highest BCUT2D eigenvalue weighted by Gasteiger charge is 2.41. The summed E-state index contributed by atoms with van der Waals surface area (Å²) < 4.78 is 0. The van der Waals surface area contributed by atoms with Crippen molar-refractivity contribution in [1.29, 1.82) is 0 Å². The molecule has 1 heteroatoms. The molecular weight excluding hydrogens is 376 g/mol. The predicted molar refractivity (Wildman–Crippen MR) is 134 cm³/mol. The van der Waals surface area contributed by atoms with E-state index >= 15 is 0 Å². The van der Waals surface area contributed by atoms with E-state index in [-0.39, 0.29) is 0 Å². The maximum absolute atomic E-state index is 2.58. The van der Waals surface area contributed by atoms with E-state index in [1.54, 1.807) is 21.5 Å². The van der Waals surface area contributed by atoms with Gasteiger partial charge in [0.25, 0.3) is 0 Å². The molecule has 2 aliphatic carbocycles.